The third kappa shape index (κ3) is 6.00. The summed E-state index contributed by atoms with van der Waals surface area (Å²) < 4.78 is 25.2. The van der Waals surface area contributed by atoms with Crippen molar-refractivity contribution >= 4 is 5.97 Å². The first kappa shape index (κ1) is 30.6. The van der Waals surface area contributed by atoms with Gasteiger partial charge in [-0.25, -0.2) is 0 Å². The number of aliphatic hydroxyl groups is 4. The maximum absolute atomic E-state index is 13.9. The predicted octanol–water partition coefficient (Wildman–Crippen LogP) is 2.87. The Labute approximate surface area is 242 Å². The number of carbonyl (C=O) groups is 1. The molecule has 4 N–H and O–H groups in total. The molecule has 4 heterocycles. The van der Waals surface area contributed by atoms with Crippen molar-refractivity contribution in [3.05, 3.63) is 47.1 Å². The quantitative estimate of drug-likeness (QED) is 0.296. The highest BCUT2D eigenvalue weighted by molar-refractivity contribution is 5.78. The summed E-state index contributed by atoms with van der Waals surface area (Å²) in [6, 6.07) is 0. The van der Waals surface area contributed by atoms with Gasteiger partial charge < -0.3 is 39.4 Å². The van der Waals surface area contributed by atoms with Crippen LogP contribution in [0.4, 0.5) is 0 Å². The van der Waals surface area contributed by atoms with Crippen LogP contribution in [0.15, 0.2) is 47.1 Å². The minimum atomic E-state index is -1.82. The molecule has 3 fully saturated rings. The van der Waals surface area contributed by atoms with Crippen LogP contribution in [0.25, 0.3) is 0 Å². The lowest BCUT2D eigenvalue weighted by Gasteiger charge is -2.50. The molecule has 9 nitrogen and oxygen atoms in total. The minimum Gasteiger partial charge on any atom is -0.462 e. The van der Waals surface area contributed by atoms with E-state index in [1.54, 1.807) is 6.08 Å². The standard InChI is InChI=1S/C32H46O9/c1-4-27-21(16-33)10-11-31(41-27)15-25-14-24(40-31)9-8-20(3)12-19(2)6-5-7-23-18-38-29-28(35)22(17-34)13-26(30(36)39-25)32(23,29)37/h5-8,13,19,21,24-29,33-35,37H,4,9-12,14-18H2,1-3H3/b6-5+,20-8+,23-7+/t19-,21+,24+,25-,26?,27+,28+,29+,31+,32+/m0/s1. The minimum absolute atomic E-state index is 0.0345. The van der Waals surface area contributed by atoms with Crippen molar-refractivity contribution < 1.29 is 44.2 Å². The Kier molecular flexibility index (Phi) is 9.26. The zero-order valence-electron chi connectivity index (χ0n) is 24.4. The van der Waals surface area contributed by atoms with Crippen LogP contribution in [-0.4, -0.2) is 88.1 Å². The van der Waals surface area contributed by atoms with Crippen LogP contribution in [-0.2, 0) is 23.7 Å². The van der Waals surface area contributed by atoms with Gasteiger partial charge in [-0.2, -0.15) is 0 Å². The monoisotopic (exact) mass is 574 g/mol. The predicted molar refractivity (Wildman–Crippen MR) is 150 cm³/mol. The summed E-state index contributed by atoms with van der Waals surface area (Å²) in [6.45, 7) is 5.89. The van der Waals surface area contributed by atoms with E-state index in [9.17, 15) is 25.2 Å². The van der Waals surface area contributed by atoms with Crippen molar-refractivity contribution in [3.63, 3.8) is 0 Å². The molecule has 5 aliphatic rings. The van der Waals surface area contributed by atoms with E-state index in [1.165, 1.54) is 11.6 Å². The first-order chi connectivity index (χ1) is 19.6. The van der Waals surface area contributed by atoms with E-state index in [0.717, 1.165) is 19.3 Å². The molecular weight excluding hydrogens is 528 g/mol. The number of carbonyl (C=O) groups excluding carboxylic acids is 1. The van der Waals surface area contributed by atoms with Gasteiger partial charge in [0.05, 0.1) is 25.4 Å². The highest BCUT2D eigenvalue weighted by atomic mass is 16.7. The van der Waals surface area contributed by atoms with Gasteiger partial charge in [-0.05, 0) is 49.7 Å². The number of rotatable bonds is 3. The van der Waals surface area contributed by atoms with Gasteiger partial charge in [0.25, 0.3) is 0 Å². The molecule has 0 radical (unpaired) electrons. The topological polar surface area (TPSA) is 135 Å². The first-order valence-electron chi connectivity index (χ1n) is 15.2. The number of esters is 1. The van der Waals surface area contributed by atoms with Crippen LogP contribution >= 0.6 is 0 Å². The molecule has 0 aromatic heterocycles. The van der Waals surface area contributed by atoms with Crippen molar-refractivity contribution in [3.8, 4) is 0 Å². The SMILES string of the molecule is CC[C@H]1O[C@]2(CC[C@@H]1CO)C[C@@H]1C[C@@H](C/C=C(\C)C[C@@H](C)/C=C/C=C3\CO[C@@H]4[C@H](O)C(CO)=CC(C(=O)O1)[C@]34O)O2. The number of allylic oxidation sites excluding steroid dienone is 4. The molecule has 5 rings (SSSR count). The van der Waals surface area contributed by atoms with Crippen molar-refractivity contribution in [2.24, 2.45) is 17.8 Å². The molecule has 9 heteroatoms. The fourth-order valence-corrected chi connectivity index (χ4v) is 7.36. The second-order valence-electron chi connectivity index (χ2n) is 12.6. The summed E-state index contributed by atoms with van der Waals surface area (Å²) in [5.74, 6) is -2.47. The van der Waals surface area contributed by atoms with E-state index >= 15 is 0 Å². The Hall–Kier alpha value is -1.85. The van der Waals surface area contributed by atoms with E-state index in [2.05, 4.69) is 26.0 Å². The average molecular weight is 575 g/mol. The smallest absolute Gasteiger partial charge is 0.316 e. The molecule has 10 atom stereocenters. The molecule has 1 aliphatic carbocycles. The van der Waals surface area contributed by atoms with E-state index in [4.69, 9.17) is 18.9 Å². The van der Waals surface area contributed by atoms with Gasteiger partial charge in [0, 0.05) is 31.8 Å². The highest BCUT2D eigenvalue weighted by Gasteiger charge is 2.60. The molecule has 4 aliphatic heterocycles. The number of aliphatic hydroxyl groups excluding tert-OH is 3. The molecule has 0 aromatic carbocycles. The summed E-state index contributed by atoms with van der Waals surface area (Å²) in [5, 5.41) is 42.8. The van der Waals surface area contributed by atoms with Crippen molar-refractivity contribution in [2.45, 2.75) is 108 Å². The lowest BCUT2D eigenvalue weighted by atomic mass is 9.70. The normalized spacial score (nSPS) is 46.9. The summed E-state index contributed by atoms with van der Waals surface area (Å²) >= 11 is 0. The van der Waals surface area contributed by atoms with Gasteiger partial charge in [-0.15, -0.1) is 0 Å². The average Bonchev–Trinajstić information content (AvgIpc) is 3.28. The second-order valence-corrected chi connectivity index (χ2v) is 12.6. The van der Waals surface area contributed by atoms with Crippen molar-refractivity contribution in [2.75, 3.05) is 19.8 Å². The third-order valence-electron chi connectivity index (χ3n) is 9.59. The molecule has 41 heavy (non-hydrogen) atoms. The van der Waals surface area contributed by atoms with Gasteiger partial charge in [0.2, 0.25) is 0 Å². The molecule has 0 aromatic rings. The van der Waals surface area contributed by atoms with Gasteiger partial charge in [-0.1, -0.05) is 49.8 Å². The van der Waals surface area contributed by atoms with E-state index < -0.39 is 48.2 Å². The van der Waals surface area contributed by atoms with Crippen molar-refractivity contribution in [1.29, 1.82) is 0 Å². The largest absolute Gasteiger partial charge is 0.462 e. The lowest BCUT2D eigenvalue weighted by molar-refractivity contribution is -0.337. The molecule has 1 unspecified atom stereocenters. The number of fused-ring (bicyclic) bond motifs is 2. The third-order valence-corrected chi connectivity index (χ3v) is 9.59. The van der Waals surface area contributed by atoms with Gasteiger partial charge in [0.1, 0.15) is 29.8 Å². The highest BCUT2D eigenvalue weighted by Crippen LogP contribution is 2.47. The molecule has 1 spiro atoms. The zero-order valence-corrected chi connectivity index (χ0v) is 24.4. The Morgan fingerprint density at radius 3 is 2.71 bits per heavy atom. The maximum Gasteiger partial charge on any atom is 0.316 e. The van der Waals surface area contributed by atoms with E-state index in [-0.39, 0.29) is 42.8 Å². The number of ether oxygens (including phenoxy) is 4. The molecule has 228 valence electrons. The van der Waals surface area contributed by atoms with Gasteiger partial charge in [-0.3, -0.25) is 4.79 Å². The van der Waals surface area contributed by atoms with Crippen LogP contribution < -0.4 is 0 Å². The van der Waals surface area contributed by atoms with Crippen LogP contribution in [0.1, 0.15) is 65.7 Å². The van der Waals surface area contributed by atoms with E-state index in [0.29, 0.717) is 31.3 Å². The molecule has 0 saturated carbocycles. The number of hydrogen-bond donors (Lipinski definition) is 4. The maximum atomic E-state index is 13.9. The zero-order chi connectivity index (χ0) is 29.4. The lowest BCUT2D eigenvalue weighted by Crippen LogP contribution is -2.58. The fraction of sp³-hybridized carbons (Fsp3) is 0.719. The fourth-order valence-electron chi connectivity index (χ4n) is 7.36. The Morgan fingerprint density at radius 2 is 1.98 bits per heavy atom. The number of hydrogen-bond acceptors (Lipinski definition) is 9. The Morgan fingerprint density at radius 1 is 1.17 bits per heavy atom. The van der Waals surface area contributed by atoms with Gasteiger partial charge in [0.15, 0.2) is 5.79 Å². The molecule has 0 amide bonds. The van der Waals surface area contributed by atoms with Gasteiger partial charge >= 0.3 is 5.97 Å². The second kappa shape index (κ2) is 12.4. The van der Waals surface area contributed by atoms with Crippen LogP contribution in [0.3, 0.4) is 0 Å². The van der Waals surface area contributed by atoms with Crippen molar-refractivity contribution in [1.82, 2.24) is 0 Å². The van der Waals surface area contributed by atoms with E-state index in [1.807, 2.05) is 13.0 Å². The van der Waals surface area contributed by atoms with Crippen LogP contribution in [0.5, 0.6) is 0 Å². The summed E-state index contributed by atoms with van der Waals surface area (Å²) in [4.78, 5) is 13.9. The summed E-state index contributed by atoms with van der Waals surface area (Å²) in [7, 11) is 0. The Balaban J connectivity index is 1.51. The molecular formula is C32H46O9. The summed E-state index contributed by atoms with van der Waals surface area (Å²) in [6.07, 6.45) is 10.4. The first-order valence-corrected chi connectivity index (χ1v) is 15.2. The molecule has 2 bridgehead atoms. The van der Waals surface area contributed by atoms with Crippen LogP contribution in [0, 0.1) is 17.8 Å². The molecule has 3 saturated heterocycles. The van der Waals surface area contributed by atoms with Crippen LogP contribution in [0.2, 0.25) is 0 Å². The Bertz CT molecular complexity index is 1090. The summed E-state index contributed by atoms with van der Waals surface area (Å²) in [5.41, 5.74) is 0.119.